The third-order valence-electron chi connectivity index (χ3n) is 1.93. The van der Waals surface area contributed by atoms with Crippen LogP contribution in [0.25, 0.3) is 0 Å². The van der Waals surface area contributed by atoms with Gasteiger partial charge in [-0.3, -0.25) is 9.59 Å². The summed E-state index contributed by atoms with van der Waals surface area (Å²) in [4.78, 5) is 24.2. The molecule has 5 nitrogen and oxygen atoms in total. The lowest BCUT2D eigenvalue weighted by Crippen LogP contribution is -2.39. The number of rotatable bonds is 7. The number of ether oxygens (including phenoxy) is 2. The molecule has 0 heterocycles. The quantitative estimate of drug-likeness (QED) is 0.609. The minimum Gasteiger partial charge on any atom is -0.468 e. The van der Waals surface area contributed by atoms with Crippen molar-refractivity contribution in [2.45, 2.75) is 33.3 Å². The number of carbonyl (C=O) groups excluding carboxylic acids is 2. The Balaban J connectivity index is 4.17. The summed E-state index contributed by atoms with van der Waals surface area (Å²) in [5, 5.41) is 0. The Labute approximate surface area is 96.7 Å². The molecule has 0 saturated heterocycles. The molecule has 0 aliphatic rings. The van der Waals surface area contributed by atoms with Gasteiger partial charge in [-0.1, -0.05) is 6.92 Å². The highest BCUT2D eigenvalue weighted by molar-refractivity contribution is 5.82. The van der Waals surface area contributed by atoms with Crippen LogP contribution in [0.4, 0.5) is 0 Å². The Morgan fingerprint density at radius 3 is 2.38 bits per heavy atom. The van der Waals surface area contributed by atoms with Crippen molar-refractivity contribution in [3.05, 3.63) is 0 Å². The van der Waals surface area contributed by atoms with Gasteiger partial charge in [-0.2, -0.15) is 0 Å². The van der Waals surface area contributed by atoms with Crippen molar-refractivity contribution >= 4 is 11.9 Å². The third-order valence-corrected chi connectivity index (χ3v) is 1.93. The molecule has 0 aliphatic heterocycles. The molecule has 0 fully saturated rings. The highest BCUT2D eigenvalue weighted by atomic mass is 16.5. The van der Waals surface area contributed by atoms with Gasteiger partial charge in [-0.05, 0) is 20.3 Å². The van der Waals surface area contributed by atoms with Crippen LogP contribution in [-0.2, 0) is 19.1 Å². The number of carbonyl (C=O) groups is 2. The van der Waals surface area contributed by atoms with Gasteiger partial charge in [0.25, 0.3) is 0 Å². The topological polar surface area (TPSA) is 55.8 Å². The summed E-state index contributed by atoms with van der Waals surface area (Å²) in [6, 6.07) is 0. The third kappa shape index (κ3) is 6.40. The number of esters is 1. The lowest BCUT2D eigenvalue weighted by molar-refractivity contribution is -0.149. The first-order chi connectivity index (χ1) is 7.51. The summed E-state index contributed by atoms with van der Waals surface area (Å²) in [5.41, 5.74) is 0. The zero-order valence-electron chi connectivity index (χ0n) is 10.5. The largest absolute Gasteiger partial charge is 0.468 e. The Kier molecular flexibility index (Phi) is 7.54. The first-order valence-electron chi connectivity index (χ1n) is 5.47. The fourth-order valence-electron chi connectivity index (χ4n) is 1.11. The van der Waals surface area contributed by atoms with Crippen molar-refractivity contribution in [1.82, 2.24) is 4.90 Å². The second kappa shape index (κ2) is 8.10. The Morgan fingerprint density at radius 2 is 1.94 bits per heavy atom. The molecule has 0 saturated carbocycles. The molecule has 0 unspecified atom stereocenters. The molecule has 0 rings (SSSR count). The van der Waals surface area contributed by atoms with Crippen LogP contribution in [0.3, 0.4) is 0 Å². The van der Waals surface area contributed by atoms with Crippen molar-refractivity contribution in [2.75, 3.05) is 26.8 Å². The van der Waals surface area contributed by atoms with Gasteiger partial charge in [-0.15, -0.1) is 0 Å². The molecule has 5 heteroatoms. The molecule has 0 aromatic carbocycles. The molecule has 0 radical (unpaired) electrons. The maximum atomic E-state index is 11.7. The van der Waals surface area contributed by atoms with Gasteiger partial charge in [0.15, 0.2) is 0 Å². The molecule has 0 aromatic heterocycles. The summed E-state index contributed by atoms with van der Waals surface area (Å²) in [6.07, 6.45) is 0.801. The number of hydrogen-bond acceptors (Lipinski definition) is 4. The van der Waals surface area contributed by atoms with Crippen molar-refractivity contribution in [3.8, 4) is 0 Å². The van der Waals surface area contributed by atoms with Gasteiger partial charge in [-0.25, -0.2) is 0 Å². The van der Waals surface area contributed by atoms with Crippen molar-refractivity contribution in [1.29, 1.82) is 0 Å². The van der Waals surface area contributed by atoms with E-state index in [4.69, 9.17) is 4.74 Å². The van der Waals surface area contributed by atoms with Crippen LogP contribution in [0.1, 0.15) is 27.2 Å². The molecule has 16 heavy (non-hydrogen) atoms. The van der Waals surface area contributed by atoms with Crippen molar-refractivity contribution in [3.63, 3.8) is 0 Å². The molecule has 0 aliphatic carbocycles. The lowest BCUT2D eigenvalue weighted by Gasteiger charge is -2.21. The van der Waals surface area contributed by atoms with E-state index < -0.39 is 5.97 Å². The highest BCUT2D eigenvalue weighted by Crippen LogP contribution is 1.97. The minimum absolute atomic E-state index is 0.00514. The fraction of sp³-hybridized carbons (Fsp3) is 0.818. The van der Waals surface area contributed by atoms with Crippen molar-refractivity contribution in [2.24, 2.45) is 0 Å². The van der Waals surface area contributed by atoms with Gasteiger partial charge in [0.05, 0.1) is 13.2 Å². The van der Waals surface area contributed by atoms with Crippen molar-refractivity contribution < 1.29 is 19.1 Å². The average Bonchev–Trinajstić information content (AvgIpc) is 2.24. The summed E-state index contributed by atoms with van der Waals surface area (Å²) in [6.45, 7) is 6.20. The highest BCUT2D eigenvalue weighted by Gasteiger charge is 2.16. The van der Waals surface area contributed by atoms with E-state index in [-0.39, 0.29) is 25.2 Å². The Hall–Kier alpha value is -1.10. The van der Waals surface area contributed by atoms with Crippen LogP contribution in [0.15, 0.2) is 0 Å². The number of hydrogen-bond donors (Lipinski definition) is 0. The predicted molar refractivity (Wildman–Crippen MR) is 60.0 cm³/mol. The summed E-state index contributed by atoms with van der Waals surface area (Å²) < 4.78 is 9.73. The van der Waals surface area contributed by atoms with E-state index in [1.54, 1.807) is 0 Å². The lowest BCUT2D eigenvalue weighted by atomic mass is 10.4. The van der Waals surface area contributed by atoms with E-state index in [9.17, 15) is 9.59 Å². The SMILES string of the molecule is CCCN(CC(=O)OC)C(=O)COC(C)C. The van der Waals surface area contributed by atoms with Crippen LogP contribution >= 0.6 is 0 Å². The van der Waals surface area contributed by atoms with Crippen LogP contribution in [0.5, 0.6) is 0 Å². The van der Waals surface area contributed by atoms with Gasteiger partial charge >= 0.3 is 5.97 Å². The predicted octanol–water partition coefficient (Wildman–Crippen LogP) is 0.823. The zero-order valence-corrected chi connectivity index (χ0v) is 10.5. The number of nitrogens with zero attached hydrogens (tertiary/aromatic N) is 1. The normalized spacial score (nSPS) is 10.3. The number of methoxy groups -OCH3 is 1. The van der Waals surface area contributed by atoms with Crippen LogP contribution in [0, 0.1) is 0 Å². The molecule has 0 aromatic rings. The minimum atomic E-state index is -0.411. The average molecular weight is 231 g/mol. The molecule has 1 amide bonds. The fourth-order valence-corrected chi connectivity index (χ4v) is 1.11. The van der Waals surface area contributed by atoms with Gasteiger partial charge in [0, 0.05) is 6.54 Å². The van der Waals surface area contributed by atoms with E-state index >= 15 is 0 Å². The molecule has 0 spiro atoms. The first-order valence-corrected chi connectivity index (χ1v) is 5.47. The first kappa shape index (κ1) is 14.9. The summed E-state index contributed by atoms with van der Waals surface area (Å²) >= 11 is 0. The Bertz CT molecular complexity index is 228. The molecule has 94 valence electrons. The van der Waals surface area contributed by atoms with Gasteiger partial charge < -0.3 is 14.4 Å². The van der Waals surface area contributed by atoms with Gasteiger partial charge in [0.2, 0.25) is 5.91 Å². The molecule has 0 atom stereocenters. The van der Waals surface area contributed by atoms with E-state index in [0.29, 0.717) is 6.54 Å². The second-order valence-corrected chi connectivity index (χ2v) is 3.75. The molecular weight excluding hydrogens is 210 g/mol. The van der Waals surface area contributed by atoms with E-state index in [0.717, 1.165) is 6.42 Å². The maximum absolute atomic E-state index is 11.7. The Morgan fingerprint density at radius 1 is 1.31 bits per heavy atom. The van der Waals surface area contributed by atoms with Crippen LogP contribution < -0.4 is 0 Å². The van der Waals surface area contributed by atoms with E-state index in [2.05, 4.69) is 4.74 Å². The van der Waals surface area contributed by atoms with E-state index in [1.165, 1.54) is 12.0 Å². The standard InChI is InChI=1S/C11H21NO4/c1-5-6-12(7-11(14)15-4)10(13)8-16-9(2)3/h9H,5-8H2,1-4H3. The summed E-state index contributed by atoms with van der Waals surface area (Å²) in [5.74, 6) is -0.590. The summed E-state index contributed by atoms with van der Waals surface area (Å²) in [7, 11) is 1.31. The smallest absolute Gasteiger partial charge is 0.325 e. The van der Waals surface area contributed by atoms with Crippen LogP contribution in [-0.4, -0.2) is 49.7 Å². The van der Waals surface area contributed by atoms with Gasteiger partial charge in [0.1, 0.15) is 13.2 Å². The number of amides is 1. The maximum Gasteiger partial charge on any atom is 0.325 e. The monoisotopic (exact) mass is 231 g/mol. The van der Waals surface area contributed by atoms with E-state index in [1.807, 2.05) is 20.8 Å². The second-order valence-electron chi connectivity index (χ2n) is 3.75. The molecule has 0 N–H and O–H groups in total. The molecule has 0 bridgehead atoms. The zero-order chi connectivity index (χ0) is 12.6. The van der Waals surface area contributed by atoms with Crippen LogP contribution in [0.2, 0.25) is 0 Å². The molecular formula is C11H21NO4.